The van der Waals surface area contributed by atoms with E-state index in [0.717, 1.165) is 5.75 Å². The van der Waals surface area contributed by atoms with Crippen LogP contribution < -0.4 is 0 Å². The molecule has 0 atom stereocenters. The van der Waals surface area contributed by atoms with Gasteiger partial charge in [-0.3, -0.25) is 9.59 Å². The average Bonchev–Trinajstić information content (AvgIpc) is 2.02. The van der Waals surface area contributed by atoms with E-state index < -0.39 is 0 Å². The molecule has 0 aliphatic carbocycles. The summed E-state index contributed by atoms with van der Waals surface area (Å²) in [4.78, 5) is 22.6. The van der Waals surface area contributed by atoms with Gasteiger partial charge in [0.2, 0.25) is 0 Å². The number of carbonyl (C=O) groups excluding carboxylic acids is 2. The molecule has 82 valence electrons. The molecule has 0 aliphatic heterocycles. The summed E-state index contributed by atoms with van der Waals surface area (Å²) in [5.74, 6) is 1.07. The molecule has 0 saturated heterocycles. The van der Waals surface area contributed by atoms with Crippen LogP contribution in [0.2, 0.25) is 0 Å². The molecule has 0 heterocycles. The molecule has 0 radical (unpaired) electrons. The lowest BCUT2D eigenvalue weighted by molar-refractivity contribution is -0.126. The fraction of sp³-hybridized carbons (Fsp3) is 0.818. The molecule has 0 spiro atoms. The van der Waals surface area contributed by atoms with Gasteiger partial charge in [0, 0.05) is 18.3 Å². The van der Waals surface area contributed by atoms with Gasteiger partial charge in [-0.05, 0) is 12.2 Å². The molecule has 0 bridgehead atoms. The summed E-state index contributed by atoms with van der Waals surface area (Å²) >= 11 is 1.34. The van der Waals surface area contributed by atoms with Gasteiger partial charge < -0.3 is 0 Å². The van der Waals surface area contributed by atoms with E-state index in [1.807, 2.05) is 27.7 Å². The lowest BCUT2D eigenvalue weighted by Gasteiger charge is -2.15. The summed E-state index contributed by atoms with van der Waals surface area (Å²) in [6, 6.07) is 0. The third-order valence-corrected chi connectivity index (χ3v) is 2.74. The normalized spacial score (nSPS) is 11.4. The molecule has 0 aliphatic rings. The first-order chi connectivity index (χ1) is 6.38. The highest BCUT2D eigenvalue weighted by molar-refractivity contribution is 8.13. The minimum Gasteiger partial charge on any atom is -0.299 e. The van der Waals surface area contributed by atoms with Crippen molar-refractivity contribution in [1.82, 2.24) is 0 Å². The van der Waals surface area contributed by atoms with Crippen LogP contribution in [0.25, 0.3) is 0 Å². The second-order valence-corrected chi connectivity index (χ2v) is 5.65. The van der Waals surface area contributed by atoms with Gasteiger partial charge in [0.15, 0.2) is 5.12 Å². The van der Waals surface area contributed by atoms with Crippen molar-refractivity contribution in [2.75, 3.05) is 5.75 Å². The van der Waals surface area contributed by atoms with Crippen LogP contribution in [0, 0.1) is 5.41 Å². The highest BCUT2D eigenvalue weighted by Gasteiger charge is 2.20. The van der Waals surface area contributed by atoms with Crippen LogP contribution in [0.3, 0.4) is 0 Å². The van der Waals surface area contributed by atoms with Crippen LogP contribution in [-0.2, 0) is 9.59 Å². The van der Waals surface area contributed by atoms with Crippen molar-refractivity contribution in [3.63, 3.8) is 0 Å². The van der Waals surface area contributed by atoms with Crippen molar-refractivity contribution < 1.29 is 9.59 Å². The molecular weight excluding hydrogens is 196 g/mol. The lowest BCUT2D eigenvalue weighted by atomic mass is 9.88. The average molecular weight is 216 g/mol. The SMILES string of the molecule is CCSC(=O)CCCC(=O)C(C)(C)C. The molecule has 0 aromatic rings. The second kappa shape index (κ2) is 6.23. The highest BCUT2D eigenvalue weighted by Crippen LogP contribution is 2.19. The minimum atomic E-state index is -0.263. The Labute approximate surface area is 90.8 Å². The summed E-state index contributed by atoms with van der Waals surface area (Å²) < 4.78 is 0. The molecule has 0 amide bonds. The van der Waals surface area contributed by atoms with E-state index in [-0.39, 0.29) is 16.3 Å². The molecular formula is C11H20O2S. The molecule has 0 fully saturated rings. The molecule has 14 heavy (non-hydrogen) atoms. The molecule has 0 unspecified atom stereocenters. The lowest BCUT2D eigenvalue weighted by Crippen LogP contribution is -2.19. The van der Waals surface area contributed by atoms with Gasteiger partial charge in [-0.1, -0.05) is 39.5 Å². The number of ketones is 1. The fourth-order valence-electron chi connectivity index (χ4n) is 1.00. The predicted molar refractivity (Wildman–Crippen MR) is 61.5 cm³/mol. The summed E-state index contributed by atoms with van der Waals surface area (Å²) in [6.45, 7) is 7.71. The van der Waals surface area contributed by atoms with Gasteiger partial charge in [0.1, 0.15) is 5.78 Å². The first kappa shape index (κ1) is 13.7. The zero-order chi connectivity index (χ0) is 11.2. The minimum absolute atomic E-state index is 0.203. The number of thioether (sulfide) groups is 1. The first-order valence-corrected chi connectivity index (χ1v) is 6.05. The molecule has 0 rings (SSSR count). The van der Waals surface area contributed by atoms with E-state index >= 15 is 0 Å². The predicted octanol–water partition coefficient (Wildman–Crippen LogP) is 3.05. The summed E-state index contributed by atoms with van der Waals surface area (Å²) in [5.41, 5.74) is -0.263. The Morgan fingerprint density at radius 2 is 1.71 bits per heavy atom. The van der Waals surface area contributed by atoms with E-state index in [0.29, 0.717) is 19.3 Å². The zero-order valence-corrected chi connectivity index (χ0v) is 10.4. The van der Waals surface area contributed by atoms with Crippen LogP contribution in [0.1, 0.15) is 47.0 Å². The van der Waals surface area contributed by atoms with E-state index in [4.69, 9.17) is 0 Å². The Balaban J connectivity index is 3.65. The molecule has 0 saturated carbocycles. The summed E-state index contributed by atoms with van der Waals surface area (Å²) in [5, 5.41) is 0.203. The van der Waals surface area contributed by atoms with Crippen LogP contribution in [0.15, 0.2) is 0 Å². The largest absolute Gasteiger partial charge is 0.299 e. The summed E-state index contributed by atoms with van der Waals surface area (Å²) in [7, 11) is 0. The number of rotatable bonds is 5. The van der Waals surface area contributed by atoms with E-state index in [2.05, 4.69) is 0 Å². The van der Waals surface area contributed by atoms with Crippen molar-refractivity contribution in [1.29, 1.82) is 0 Å². The molecule has 2 nitrogen and oxygen atoms in total. The monoisotopic (exact) mass is 216 g/mol. The van der Waals surface area contributed by atoms with Gasteiger partial charge in [-0.2, -0.15) is 0 Å². The maximum absolute atomic E-state index is 11.5. The van der Waals surface area contributed by atoms with Crippen LogP contribution in [0.4, 0.5) is 0 Å². The van der Waals surface area contributed by atoms with Gasteiger partial charge >= 0.3 is 0 Å². The molecule has 0 aromatic heterocycles. The Morgan fingerprint density at radius 3 is 2.14 bits per heavy atom. The number of carbonyl (C=O) groups is 2. The standard InChI is InChI=1S/C11H20O2S/c1-5-14-10(13)8-6-7-9(12)11(2,3)4/h5-8H2,1-4H3. The van der Waals surface area contributed by atoms with Crippen molar-refractivity contribution in [2.45, 2.75) is 47.0 Å². The third-order valence-electron chi connectivity index (χ3n) is 1.93. The Hall–Kier alpha value is -0.310. The molecule has 0 aromatic carbocycles. The van der Waals surface area contributed by atoms with E-state index in [1.54, 1.807) is 0 Å². The number of Topliss-reactive ketones (excluding diaryl/α,β-unsaturated/α-hetero) is 1. The number of hydrogen-bond donors (Lipinski definition) is 0. The quantitative estimate of drug-likeness (QED) is 0.708. The van der Waals surface area contributed by atoms with Crippen molar-refractivity contribution in [3.8, 4) is 0 Å². The maximum atomic E-state index is 11.5. The maximum Gasteiger partial charge on any atom is 0.188 e. The fourth-order valence-corrected chi connectivity index (χ4v) is 1.61. The van der Waals surface area contributed by atoms with Crippen molar-refractivity contribution in [2.24, 2.45) is 5.41 Å². The van der Waals surface area contributed by atoms with Crippen LogP contribution >= 0.6 is 11.8 Å². The van der Waals surface area contributed by atoms with Crippen molar-refractivity contribution in [3.05, 3.63) is 0 Å². The number of hydrogen-bond acceptors (Lipinski definition) is 3. The van der Waals surface area contributed by atoms with Crippen LogP contribution in [0.5, 0.6) is 0 Å². The van der Waals surface area contributed by atoms with Crippen molar-refractivity contribution >= 4 is 22.7 Å². The highest BCUT2D eigenvalue weighted by atomic mass is 32.2. The summed E-state index contributed by atoms with van der Waals surface area (Å²) in [6.07, 6.45) is 1.75. The van der Waals surface area contributed by atoms with Crippen LogP contribution in [-0.4, -0.2) is 16.7 Å². The second-order valence-electron chi connectivity index (χ2n) is 4.33. The van der Waals surface area contributed by atoms with E-state index in [1.165, 1.54) is 11.8 Å². The Kier molecular flexibility index (Phi) is 6.09. The Bertz CT molecular complexity index is 204. The third kappa shape index (κ3) is 6.19. The zero-order valence-electron chi connectivity index (χ0n) is 9.55. The smallest absolute Gasteiger partial charge is 0.188 e. The van der Waals surface area contributed by atoms with Gasteiger partial charge in [0.05, 0.1) is 0 Å². The van der Waals surface area contributed by atoms with Gasteiger partial charge in [0.25, 0.3) is 0 Å². The molecule has 3 heteroatoms. The first-order valence-electron chi connectivity index (χ1n) is 5.07. The van der Waals surface area contributed by atoms with Gasteiger partial charge in [-0.15, -0.1) is 0 Å². The van der Waals surface area contributed by atoms with E-state index in [9.17, 15) is 9.59 Å². The van der Waals surface area contributed by atoms with Gasteiger partial charge in [-0.25, -0.2) is 0 Å². The Morgan fingerprint density at radius 1 is 1.14 bits per heavy atom. The topological polar surface area (TPSA) is 34.1 Å². The molecule has 0 N–H and O–H groups in total.